The van der Waals surface area contributed by atoms with Crippen molar-refractivity contribution in [1.82, 2.24) is 25.5 Å². The van der Waals surface area contributed by atoms with Gasteiger partial charge < -0.3 is 5.32 Å². The van der Waals surface area contributed by atoms with Crippen LogP contribution in [-0.4, -0.2) is 33.3 Å². The van der Waals surface area contributed by atoms with Crippen molar-refractivity contribution in [2.45, 2.75) is 26.8 Å². The van der Waals surface area contributed by atoms with Crippen LogP contribution in [0.4, 0.5) is 0 Å². The Balaban J connectivity index is 1.91. The van der Waals surface area contributed by atoms with Crippen molar-refractivity contribution in [3.63, 3.8) is 0 Å². The summed E-state index contributed by atoms with van der Waals surface area (Å²) in [5.41, 5.74) is 1.01. The van der Waals surface area contributed by atoms with E-state index in [9.17, 15) is 0 Å². The van der Waals surface area contributed by atoms with Crippen LogP contribution in [0, 0.1) is 5.92 Å². The molecule has 0 aliphatic carbocycles. The number of nitrogens with zero attached hydrogens (tertiary/aromatic N) is 4. The lowest BCUT2D eigenvalue weighted by molar-refractivity contribution is 0.387. The molecule has 0 saturated heterocycles. The molecule has 5 nitrogen and oxygen atoms in total. The number of benzene rings is 1. The first-order valence-electron chi connectivity index (χ1n) is 6.83. The van der Waals surface area contributed by atoms with Gasteiger partial charge in [-0.05, 0) is 30.6 Å². The van der Waals surface area contributed by atoms with Gasteiger partial charge in [0.2, 0.25) is 5.82 Å². The lowest BCUT2D eigenvalue weighted by Crippen LogP contribution is -2.25. The molecule has 1 N–H and O–H groups in total. The third kappa shape index (κ3) is 4.13. The van der Waals surface area contributed by atoms with Crippen LogP contribution in [0.2, 0.25) is 0 Å². The predicted octanol–water partition coefficient (Wildman–Crippen LogP) is 1.98. The Kier molecular flexibility index (Phi) is 5.03. The average molecular weight is 259 g/mol. The van der Waals surface area contributed by atoms with Crippen LogP contribution >= 0.6 is 0 Å². The van der Waals surface area contributed by atoms with E-state index in [4.69, 9.17) is 0 Å². The first-order chi connectivity index (χ1) is 9.29. The number of hydrogen-bond donors (Lipinski definition) is 1. The lowest BCUT2D eigenvalue weighted by atomic mass is 10.2. The lowest BCUT2D eigenvalue weighted by Gasteiger charge is -2.10. The van der Waals surface area contributed by atoms with E-state index < -0.39 is 0 Å². The molecule has 1 aromatic heterocycles. The van der Waals surface area contributed by atoms with Gasteiger partial charge in [-0.2, -0.15) is 4.80 Å². The molecule has 0 amide bonds. The van der Waals surface area contributed by atoms with Crippen molar-refractivity contribution in [3.8, 4) is 11.4 Å². The molecule has 1 atom stereocenters. The molecule has 0 fully saturated rings. The maximum absolute atomic E-state index is 4.42. The largest absolute Gasteiger partial charge is 0.316 e. The zero-order valence-corrected chi connectivity index (χ0v) is 11.6. The van der Waals surface area contributed by atoms with Crippen LogP contribution in [0.1, 0.15) is 20.3 Å². The molecule has 0 bridgehead atoms. The summed E-state index contributed by atoms with van der Waals surface area (Å²) in [6.07, 6.45) is 1.16. The highest BCUT2D eigenvalue weighted by Gasteiger charge is 2.08. The molecule has 102 valence electrons. The average Bonchev–Trinajstić information content (AvgIpc) is 2.88. The molecule has 1 aromatic carbocycles. The van der Waals surface area contributed by atoms with Crippen LogP contribution in [0.15, 0.2) is 30.3 Å². The summed E-state index contributed by atoms with van der Waals surface area (Å²) in [5.74, 6) is 1.18. The minimum Gasteiger partial charge on any atom is -0.316 e. The zero-order chi connectivity index (χ0) is 13.5. The molecular weight excluding hydrogens is 238 g/mol. The Bertz CT molecular complexity index is 480. The zero-order valence-electron chi connectivity index (χ0n) is 11.6. The topological polar surface area (TPSA) is 55.6 Å². The molecule has 19 heavy (non-hydrogen) atoms. The fraction of sp³-hybridized carbons (Fsp3) is 0.500. The van der Waals surface area contributed by atoms with E-state index in [1.807, 2.05) is 30.3 Å². The van der Waals surface area contributed by atoms with E-state index in [0.29, 0.717) is 11.7 Å². The van der Waals surface area contributed by atoms with Crippen LogP contribution < -0.4 is 5.32 Å². The first-order valence-corrected chi connectivity index (χ1v) is 6.83. The van der Waals surface area contributed by atoms with E-state index in [1.54, 1.807) is 4.80 Å². The third-order valence-electron chi connectivity index (χ3n) is 2.88. The normalized spacial score (nSPS) is 12.5. The molecule has 0 aliphatic heterocycles. The molecule has 1 heterocycles. The summed E-state index contributed by atoms with van der Waals surface area (Å²) < 4.78 is 0. The number of rotatable bonds is 7. The summed E-state index contributed by atoms with van der Waals surface area (Å²) in [4.78, 5) is 1.68. The van der Waals surface area contributed by atoms with E-state index in [-0.39, 0.29) is 0 Å². The molecular formula is C14H21N5. The quantitative estimate of drug-likeness (QED) is 0.772. The monoisotopic (exact) mass is 259 g/mol. The smallest absolute Gasteiger partial charge is 0.204 e. The SMILES string of the molecule is CCCNCC(C)Cn1nnc(-c2ccccc2)n1. The Morgan fingerprint density at radius 2 is 2.05 bits per heavy atom. The van der Waals surface area contributed by atoms with Crippen molar-refractivity contribution in [2.24, 2.45) is 5.92 Å². The maximum Gasteiger partial charge on any atom is 0.204 e. The van der Waals surface area contributed by atoms with E-state index in [2.05, 4.69) is 34.6 Å². The second kappa shape index (κ2) is 6.99. The minimum absolute atomic E-state index is 0.490. The van der Waals surface area contributed by atoms with E-state index >= 15 is 0 Å². The van der Waals surface area contributed by atoms with Crippen LogP contribution in [0.3, 0.4) is 0 Å². The summed E-state index contributed by atoms with van der Waals surface area (Å²) >= 11 is 0. The highest BCUT2D eigenvalue weighted by Crippen LogP contribution is 2.12. The van der Waals surface area contributed by atoms with Crippen molar-refractivity contribution in [2.75, 3.05) is 13.1 Å². The van der Waals surface area contributed by atoms with Gasteiger partial charge in [0.1, 0.15) is 0 Å². The molecule has 0 spiro atoms. The van der Waals surface area contributed by atoms with Gasteiger partial charge in [0.05, 0.1) is 6.54 Å². The standard InChI is InChI=1S/C14H21N5/c1-3-9-15-10-12(2)11-19-17-14(16-18-19)13-7-5-4-6-8-13/h4-8,12,15H,3,9-11H2,1-2H3. The van der Waals surface area contributed by atoms with E-state index in [1.165, 1.54) is 0 Å². The molecule has 0 saturated carbocycles. The molecule has 2 rings (SSSR count). The van der Waals surface area contributed by atoms with Gasteiger partial charge in [0.25, 0.3) is 0 Å². The number of nitrogens with one attached hydrogen (secondary N) is 1. The Morgan fingerprint density at radius 3 is 2.79 bits per heavy atom. The summed E-state index contributed by atoms with van der Waals surface area (Å²) in [5, 5.41) is 16.0. The molecule has 1 unspecified atom stereocenters. The predicted molar refractivity (Wildman–Crippen MR) is 75.6 cm³/mol. The highest BCUT2D eigenvalue weighted by atomic mass is 15.6. The second-order valence-corrected chi connectivity index (χ2v) is 4.84. The molecule has 5 heteroatoms. The Hall–Kier alpha value is -1.75. The maximum atomic E-state index is 4.42. The van der Waals surface area contributed by atoms with Crippen LogP contribution in [0.25, 0.3) is 11.4 Å². The van der Waals surface area contributed by atoms with Crippen molar-refractivity contribution in [3.05, 3.63) is 30.3 Å². The van der Waals surface area contributed by atoms with Crippen molar-refractivity contribution in [1.29, 1.82) is 0 Å². The van der Waals surface area contributed by atoms with Gasteiger partial charge in [-0.25, -0.2) is 0 Å². The third-order valence-corrected chi connectivity index (χ3v) is 2.88. The summed E-state index contributed by atoms with van der Waals surface area (Å²) in [7, 11) is 0. The molecule has 0 radical (unpaired) electrons. The first kappa shape index (κ1) is 13.7. The molecule has 2 aromatic rings. The number of hydrogen-bond acceptors (Lipinski definition) is 4. The number of aromatic nitrogens is 4. The molecule has 0 aliphatic rings. The van der Waals surface area contributed by atoms with Crippen molar-refractivity contribution >= 4 is 0 Å². The number of tetrazole rings is 1. The van der Waals surface area contributed by atoms with Crippen LogP contribution in [-0.2, 0) is 6.54 Å². The second-order valence-electron chi connectivity index (χ2n) is 4.84. The highest BCUT2D eigenvalue weighted by molar-refractivity contribution is 5.52. The van der Waals surface area contributed by atoms with Gasteiger partial charge >= 0.3 is 0 Å². The minimum atomic E-state index is 0.490. The Morgan fingerprint density at radius 1 is 1.26 bits per heavy atom. The fourth-order valence-electron chi connectivity index (χ4n) is 1.89. The van der Waals surface area contributed by atoms with Gasteiger partial charge in [-0.3, -0.25) is 0 Å². The summed E-state index contributed by atoms with van der Waals surface area (Å²) in [6, 6.07) is 9.93. The van der Waals surface area contributed by atoms with Gasteiger partial charge in [-0.15, -0.1) is 10.2 Å². The van der Waals surface area contributed by atoms with Gasteiger partial charge in [-0.1, -0.05) is 44.2 Å². The van der Waals surface area contributed by atoms with Gasteiger partial charge in [0, 0.05) is 5.56 Å². The Labute approximate surface area is 114 Å². The van der Waals surface area contributed by atoms with Crippen LogP contribution in [0.5, 0.6) is 0 Å². The summed E-state index contributed by atoms with van der Waals surface area (Å²) in [6.45, 7) is 7.19. The van der Waals surface area contributed by atoms with Gasteiger partial charge in [0.15, 0.2) is 0 Å². The fourth-order valence-corrected chi connectivity index (χ4v) is 1.89. The van der Waals surface area contributed by atoms with E-state index in [0.717, 1.165) is 31.6 Å². The van der Waals surface area contributed by atoms with Crippen molar-refractivity contribution < 1.29 is 0 Å².